The Hall–Kier alpha value is -3.87. The predicted octanol–water partition coefficient (Wildman–Crippen LogP) is 5.95. The number of nitrogens with one attached hydrogen (secondary N) is 1. The van der Waals surface area contributed by atoms with Gasteiger partial charge in [-0.15, -0.1) is 0 Å². The Kier molecular flexibility index (Phi) is 6.05. The summed E-state index contributed by atoms with van der Waals surface area (Å²) >= 11 is 0. The molecule has 0 radical (unpaired) electrons. The molecular weight excluding hydrogens is 453 g/mol. The second kappa shape index (κ2) is 8.73. The summed E-state index contributed by atoms with van der Waals surface area (Å²) in [5.41, 5.74) is -1.55. The number of hydrogen-bond donors (Lipinski definition) is 1. The van der Waals surface area contributed by atoms with Crippen LogP contribution in [0.4, 0.5) is 18.9 Å². The maximum Gasteiger partial charge on any atom is 0.416 e. The van der Waals surface area contributed by atoms with E-state index in [1.165, 1.54) is 17.0 Å². The van der Waals surface area contributed by atoms with Crippen molar-refractivity contribution < 1.29 is 22.8 Å². The van der Waals surface area contributed by atoms with Gasteiger partial charge in [0, 0.05) is 11.2 Å². The first kappa shape index (κ1) is 24.3. The van der Waals surface area contributed by atoms with Gasteiger partial charge in [0.15, 0.2) is 5.54 Å². The SMILES string of the molecule is CC(C)(C)NC(=O)[C@]1(c2ccc(C(F)(F)F)cc2)/C(=C/c2ccccc2)C(=O)N1c1ccccc1. The van der Waals surface area contributed by atoms with Gasteiger partial charge in [0.25, 0.3) is 11.8 Å². The summed E-state index contributed by atoms with van der Waals surface area (Å²) in [7, 11) is 0. The summed E-state index contributed by atoms with van der Waals surface area (Å²) in [6.45, 7) is 5.41. The molecule has 1 heterocycles. The molecule has 0 aliphatic carbocycles. The van der Waals surface area contributed by atoms with E-state index in [2.05, 4.69) is 5.32 Å². The second-order valence-electron chi connectivity index (χ2n) is 9.43. The largest absolute Gasteiger partial charge is 0.416 e. The summed E-state index contributed by atoms with van der Waals surface area (Å²) in [4.78, 5) is 28.9. The van der Waals surface area contributed by atoms with Crippen LogP contribution in [0, 0.1) is 0 Å². The molecule has 4 nitrogen and oxygen atoms in total. The summed E-state index contributed by atoms with van der Waals surface area (Å²) in [5.74, 6) is -0.903. The number of rotatable bonds is 4. The number of para-hydroxylation sites is 1. The van der Waals surface area contributed by atoms with Crippen molar-refractivity contribution in [3.05, 3.63) is 107 Å². The van der Waals surface area contributed by atoms with Crippen molar-refractivity contribution >= 4 is 23.6 Å². The van der Waals surface area contributed by atoms with Crippen molar-refractivity contribution in [2.24, 2.45) is 0 Å². The third kappa shape index (κ3) is 4.46. The van der Waals surface area contributed by atoms with Crippen LogP contribution in [0.25, 0.3) is 6.08 Å². The summed E-state index contributed by atoms with van der Waals surface area (Å²) in [6.07, 6.45) is -2.90. The van der Waals surface area contributed by atoms with Crippen molar-refractivity contribution in [1.82, 2.24) is 5.32 Å². The normalized spacial score (nSPS) is 19.4. The minimum absolute atomic E-state index is 0.175. The number of benzene rings is 3. The lowest BCUT2D eigenvalue weighted by atomic mass is 9.70. The van der Waals surface area contributed by atoms with Crippen LogP contribution in [-0.4, -0.2) is 17.4 Å². The Balaban J connectivity index is 1.99. The highest BCUT2D eigenvalue weighted by atomic mass is 19.4. The molecule has 1 aliphatic heterocycles. The van der Waals surface area contributed by atoms with Gasteiger partial charge in [-0.05, 0) is 62.2 Å². The lowest BCUT2D eigenvalue weighted by Crippen LogP contribution is -2.71. The molecule has 3 aromatic rings. The third-order valence-electron chi connectivity index (χ3n) is 5.73. The molecule has 0 spiro atoms. The zero-order valence-corrected chi connectivity index (χ0v) is 19.6. The minimum Gasteiger partial charge on any atom is -0.349 e. The van der Waals surface area contributed by atoms with E-state index < -0.39 is 34.6 Å². The highest BCUT2D eigenvalue weighted by Crippen LogP contribution is 2.50. The van der Waals surface area contributed by atoms with Gasteiger partial charge in [0.2, 0.25) is 0 Å². The first-order valence-corrected chi connectivity index (χ1v) is 11.1. The highest BCUT2D eigenvalue weighted by Gasteiger charge is 2.63. The van der Waals surface area contributed by atoms with E-state index >= 15 is 0 Å². The number of carbonyl (C=O) groups is 2. The van der Waals surface area contributed by atoms with Crippen LogP contribution >= 0.6 is 0 Å². The van der Waals surface area contributed by atoms with Gasteiger partial charge in [-0.25, -0.2) is 0 Å². The molecule has 1 N–H and O–H groups in total. The number of alkyl halides is 3. The fourth-order valence-corrected chi connectivity index (χ4v) is 4.24. The van der Waals surface area contributed by atoms with Gasteiger partial charge in [0.1, 0.15) is 0 Å². The number of carbonyl (C=O) groups excluding carboxylic acids is 2. The summed E-state index contributed by atoms with van der Waals surface area (Å²) in [5, 5.41) is 2.95. The zero-order valence-electron chi connectivity index (χ0n) is 19.6. The van der Waals surface area contributed by atoms with Gasteiger partial charge >= 0.3 is 6.18 Å². The van der Waals surface area contributed by atoms with Crippen LogP contribution < -0.4 is 10.2 Å². The minimum atomic E-state index is -4.53. The van der Waals surface area contributed by atoms with E-state index in [9.17, 15) is 22.8 Å². The van der Waals surface area contributed by atoms with Crippen LogP contribution in [-0.2, 0) is 21.3 Å². The standard InChI is InChI=1S/C28H25F3N2O2/c1-26(2,3)32-25(35)27(20-14-16-21(17-15-20)28(29,30)31)23(18-19-10-6-4-7-11-19)24(34)33(27)22-12-8-5-9-13-22/h4-18H,1-3H3,(H,32,35)/b23-18+/t27-/m0/s1. The van der Waals surface area contributed by atoms with Crippen LogP contribution in [0.15, 0.2) is 90.5 Å². The number of halogens is 3. The Labute approximate surface area is 202 Å². The maximum absolute atomic E-state index is 14.0. The average molecular weight is 479 g/mol. The molecule has 4 rings (SSSR count). The predicted molar refractivity (Wildman–Crippen MR) is 129 cm³/mol. The van der Waals surface area contributed by atoms with Gasteiger partial charge in [-0.3, -0.25) is 14.5 Å². The van der Waals surface area contributed by atoms with Gasteiger partial charge < -0.3 is 5.32 Å². The van der Waals surface area contributed by atoms with E-state index in [1.54, 1.807) is 81.4 Å². The number of amides is 2. The van der Waals surface area contributed by atoms with Crippen molar-refractivity contribution in [3.63, 3.8) is 0 Å². The quantitative estimate of drug-likeness (QED) is 0.372. The maximum atomic E-state index is 14.0. The summed E-state index contributed by atoms with van der Waals surface area (Å²) < 4.78 is 39.9. The van der Waals surface area contributed by atoms with Crippen molar-refractivity contribution in [2.75, 3.05) is 4.90 Å². The zero-order chi connectivity index (χ0) is 25.4. The lowest BCUT2D eigenvalue weighted by Gasteiger charge is -2.53. The van der Waals surface area contributed by atoms with Crippen LogP contribution in [0.5, 0.6) is 0 Å². The molecule has 0 aromatic heterocycles. The molecule has 3 aromatic carbocycles. The van der Waals surface area contributed by atoms with E-state index in [0.29, 0.717) is 11.3 Å². The fourth-order valence-electron chi connectivity index (χ4n) is 4.24. The molecule has 1 saturated heterocycles. The highest BCUT2D eigenvalue weighted by molar-refractivity contribution is 6.27. The van der Waals surface area contributed by atoms with Gasteiger partial charge in [-0.1, -0.05) is 60.7 Å². The first-order valence-electron chi connectivity index (χ1n) is 11.1. The number of anilines is 1. The number of β-lactam (4-membered cyclic amide) rings is 1. The Bertz CT molecular complexity index is 1260. The molecule has 7 heteroatoms. The third-order valence-corrected chi connectivity index (χ3v) is 5.73. The van der Waals surface area contributed by atoms with Gasteiger partial charge in [-0.2, -0.15) is 13.2 Å². The molecule has 0 saturated carbocycles. The molecule has 1 atom stereocenters. The van der Waals surface area contributed by atoms with Crippen LogP contribution in [0.2, 0.25) is 0 Å². The van der Waals surface area contributed by atoms with Gasteiger partial charge in [0.05, 0.1) is 11.1 Å². The number of nitrogens with zero attached hydrogens (tertiary/aromatic N) is 1. The topological polar surface area (TPSA) is 49.4 Å². The monoisotopic (exact) mass is 478 g/mol. The Morgan fingerprint density at radius 1 is 0.857 bits per heavy atom. The van der Waals surface area contributed by atoms with E-state index in [1.807, 2.05) is 6.07 Å². The lowest BCUT2D eigenvalue weighted by molar-refractivity contribution is -0.137. The number of hydrogen-bond acceptors (Lipinski definition) is 2. The molecule has 1 fully saturated rings. The Morgan fingerprint density at radius 2 is 1.40 bits per heavy atom. The first-order chi connectivity index (χ1) is 16.4. The van der Waals surface area contributed by atoms with Crippen molar-refractivity contribution in [2.45, 2.75) is 38.0 Å². The molecule has 35 heavy (non-hydrogen) atoms. The van der Waals surface area contributed by atoms with E-state index in [-0.39, 0.29) is 11.1 Å². The van der Waals surface area contributed by atoms with E-state index in [4.69, 9.17) is 0 Å². The molecule has 1 aliphatic rings. The van der Waals surface area contributed by atoms with Crippen molar-refractivity contribution in [1.29, 1.82) is 0 Å². The second-order valence-corrected chi connectivity index (χ2v) is 9.43. The van der Waals surface area contributed by atoms with Crippen LogP contribution in [0.3, 0.4) is 0 Å². The molecule has 0 bridgehead atoms. The average Bonchev–Trinajstić information content (AvgIpc) is 2.80. The smallest absolute Gasteiger partial charge is 0.349 e. The molecule has 180 valence electrons. The van der Waals surface area contributed by atoms with E-state index in [0.717, 1.165) is 12.1 Å². The molecule has 2 amide bonds. The molecular formula is C28H25F3N2O2. The fraction of sp³-hybridized carbons (Fsp3) is 0.214. The van der Waals surface area contributed by atoms with Crippen LogP contribution in [0.1, 0.15) is 37.5 Å². The molecule has 0 unspecified atom stereocenters. The Morgan fingerprint density at radius 3 is 1.91 bits per heavy atom. The van der Waals surface area contributed by atoms with Crippen molar-refractivity contribution in [3.8, 4) is 0 Å². The summed E-state index contributed by atoms with van der Waals surface area (Å²) in [6, 6.07) is 22.1.